The van der Waals surface area contributed by atoms with Crippen molar-refractivity contribution in [2.45, 2.75) is 38.0 Å². The van der Waals surface area contributed by atoms with E-state index in [-0.39, 0.29) is 0 Å². The lowest BCUT2D eigenvalue weighted by Crippen LogP contribution is -2.09. The molecule has 0 amide bonds. The van der Waals surface area contributed by atoms with Crippen LogP contribution in [0.25, 0.3) is 5.65 Å². The summed E-state index contributed by atoms with van der Waals surface area (Å²) >= 11 is 6.14. The second kappa shape index (κ2) is 4.01. The van der Waals surface area contributed by atoms with Crippen LogP contribution in [0.2, 0.25) is 5.15 Å². The first kappa shape index (κ1) is 10.0. The molecular formula is C11H13ClN4. The quantitative estimate of drug-likeness (QED) is 0.765. The van der Waals surface area contributed by atoms with Gasteiger partial charge in [0.25, 0.3) is 0 Å². The Hall–Kier alpha value is -1.16. The summed E-state index contributed by atoms with van der Waals surface area (Å²) in [7, 11) is 0. The van der Waals surface area contributed by atoms with E-state index in [1.54, 1.807) is 12.4 Å². The molecule has 0 aromatic carbocycles. The van der Waals surface area contributed by atoms with Gasteiger partial charge < -0.3 is 0 Å². The fourth-order valence-corrected chi connectivity index (χ4v) is 2.69. The van der Waals surface area contributed by atoms with Crippen LogP contribution < -0.4 is 0 Å². The topological polar surface area (TPSA) is 43.1 Å². The molecule has 16 heavy (non-hydrogen) atoms. The van der Waals surface area contributed by atoms with E-state index in [4.69, 9.17) is 11.6 Å². The Morgan fingerprint density at radius 1 is 1.12 bits per heavy atom. The SMILES string of the molecule is Clc1cncc2nnc(C3CCCCC3)n12. The normalized spacial score (nSPS) is 18.1. The monoisotopic (exact) mass is 236 g/mol. The lowest BCUT2D eigenvalue weighted by atomic mass is 9.89. The maximum atomic E-state index is 6.14. The van der Waals surface area contributed by atoms with Gasteiger partial charge >= 0.3 is 0 Å². The molecule has 84 valence electrons. The zero-order chi connectivity index (χ0) is 11.0. The Bertz CT molecular complexity index is 502. The minimum atomic E-state index is 0.503. The van der Waals surface area contributed by atoms with Crippen molar-refractivity contribution >= 4 is 17.2 Å². The van der Waals surface area contributed by atoms with E-state index in [2.05, 4.69) is 15.2 Å². The van der Waals surface area contributed by atoms with Gasteiger partial charge in [-0.25, -0.2) is 0 Å². The van der Waals surface area contributed by atoms with Gasteiger partial charge in [0.15, 0.2) is 5.65 Å². The zero-order valence-electron chi connectivity index (χ0n) is 8.93. The first-order valence-electron chi connectivity index (χ1n) is 5.71. The summed E-state index contributed by atoms with van der Waals surface area (Å²) in [4.78, 5) is 4.02. The number of hydrogen-bond acceptors (Lipinski definition) is 3. The van der Waals surface area contributed by atoms with Crippen molar-refractivity contribution in [3.8, 4) is 0 Å². The number of hydrogen-bond donors (Lipinski definition) is 0. The Morgan fingerprint density at radius 3 is 2.75 bits per heavy atom. The fourth-order valence-electron chi connectivity index (χ4n) is 2.46. The number of fused-ring (bicyclic) bond motifs is 1. The van der Waals surface area contributed by atoms with Gasteiger partial charge in [0, 0.05) is 5.92 Å². The Balaban J connectivity index is 2.09. The Morgan fingerprint density at radius 2 is 1.94 bits per heavy atom. The van der Waals surface area contributed by atoms with Gasteiger partial charge in [-0.15, -0.1) is 10.2 Å². The van der Waals surface area contributed by atoms with E-state index < -0.39 is 0 Å². The highest BCUT2D eigenvalue weighted by Crippen LogP contribution is 2.32. The first-order valence-corrected chi connectivity index (χ1v) is 6.08. The minimum absolute atomic E-state index is 0.503. The molecule has 2 heterocycles. The van der Waals surface area contributed by atoms with Crippen LogP contribution in [0, 0.1) is 0 Å². The third kappa shape index (κ3) is 1.57. The third-order valence-corrected chi connectivity index (χ3v) is 3.53. The minimum Gasteiger partial charge on any atom is -0.266 e. The lowest BCUT2D eigenvalue weighted by molar-refractivity contribution is 0.426. The third-order valence-electron chi connectivity index (χ3n) is 3.27. The fraction of sp³-hybridized carbons (Fsp3) is 0.545. The van der Waals surface area contributed by atoms with Crippen molar-refractivity contribution in [3.05, 3.63) is 23.4 Å². The van der Waals surface area contributed by atoms with E-state index in [0.717, 1.165) is 11.5 Å². The van der Waals surface area contributed by atoms with Crippen molar-refractivity contribution in [1.82, 2.24) is 19.6 Å². The molecule has 2 aromatic heterocycles. The predicted molar refractivity (Wildman–Crippen MR) is 61.6 cm³/mol. The molecule has 0 N–H and O–H groups in total. The van der Waals surface area contributed by atoms with Crippen LogP contribution >= 0.6 is 11.6 Å². The van der Waals surface area contributed by atoms with Gasteiger partial charge in [0.05, 0.1) is 12.4 Å². The predicted octanol–water partition coefficient (Wildman–Crippen LogP) is 2.83. The van der Waals surface area contributed by atoms with E-state index in [9.17, 15) is 0 Å². The molecule has 4 nitrogen and oxygen atoms in total. The van der Waals surface area contributed by atoms with Crippen LogP contribution in [-0.4, -0.2) is 19.6 Å². The molecule has 3 rings (SSSR count). The molecule has 5 heteroatoms. The number of halogens is 1. The Kier molecular flexibility index (Phi) is 2.52. The molecule has 0 atom stereocenters. The number of nitrogens with zero attached hydrogens (tertiary/aromatic N) is 4. The zero-order valence-corrected chi connectivity index (χ0v) is 9.69. The largest absolute Gasteiger partial charge is 0.266 e. The molecular weight excluding hydrogens is 224 g/mol. The molecule has 0 unspecified atom stereocenters. The summed E-state index contributed by atoms with van der Waals surface area (Å²) in [6.07, 6.45) is 9.63. The highest BCUT2D eigenvalue weighted by Gasteiger charge is 2.21. The second-order valence-electron chi connectivity index (χ2n) is 4.32. The van der Waals surface area contributed by atoms with Crippen LogP contribution in [0.1, 0.15) is 43.8 Å². The van der Waals surface area contributed by atoms with Gasteiger partial charge in [0.2, 0.25) is 0 Å². The summed E-state index contributed by atoms with van der Waals surface area (Å²) in [5.74, 6) is 1.51. The van der Waals surface area contributed by atoms with Crippen LogP contribution in [0.4, 0.5) is 0 Å². The molecule has 1 aliphatic carbocycles. The van der Waals surface area contributed by atoms with Crippen molar-refractivity contribution in [2.24, 2.45) is 0 Å². The van der Waals surface area contributed by atoms with Crippen LogP contribution in [0.5, 0.6) is 0 Å². The van der Waals surface area contributed by atoms with Gasteiger partial charge in [-0.1, -0.05) is 30.9 Å². The summed E-state index contributed by atoms with van der Waals surface area (Å²) in [5.41, 5.74) is 0.744. The van der Waals surface area contributed by atoms with E-state index in [0.29, 0.717) is 11.1 Å². The molecule has 0 saturated heterocycles. The molecule has 0 radical (unpaired) electrons. The first-order chi connectivity index (χ1) is 7.86. The van der Waals surface area contributed by atoms with Gasteiger partial charge in [-0.2, -0.15) is 0 Å². The smallest absolute Gasteiger partial charge is 0.180 e. The molecule has 1 fully saturated rings. The maximum absolute atomic E-state index is 6.14. The van der Waals surface area contributed by atoms with Crippen LogP contribution in [-0.2, 0) is 0 Å². The van der Waals surface area contributed by atoms with E-state index in [1.165, 1.54) is 32.1 Å². The summed E-state index contributed by atoms with van der Waals surface area (Å²) in [5, 5.41) is 8.99. The number of rotatable bonds is 1. The van der Waals surface area contributed by atoms with Crippen LogP contribution in [0.15, 0.2) is 12.4 Å². The van der Waals surface area contributed by atoms with E-state index >= 15 is 0 Å². The van der Waals surface area contributed by atoms with Crippen molar-refractivity contribution in [3.63, 3.8) is 0 Å². The van der Waals surface area contributed by atoms with Gasteiger partial charge in [-0.3, -0.25) is 9.38 Å². The van der Waals surface area contributed by atoms with Crippen molar-refractivity contribution in [1.29, 1.82) is 0 Å². The summed E-state index contributed by atoms with van der Waals surface area (Å²) < 4.78 is 1.92. The van der Waals surface area contributed by atoms with Crippen molar-refractivity contribution < 1.29 is 0 Å². The van der Waals surface area contributed by atoms with Crippen LogP contribution in [0.3, 0.4) is 0 Å². The average molecular weight is 237 g/mol. The molecule has 0 spiro atoms. The Labute approximate surface area is 98.7 Å². The highest BCUT2D eigenvalue weighted by molar-refractivity contribution is 6.29. The standard InChI is InChI=1S/C11H13ClN4/c12-9-6-13-7-10-14-15-11(16(9)10)8-4-2-1-3-5-8/h6-8H,1-5H2. The molecule has 2 aromatic rings. The highest BCUT2D eigenvalue weighted by atomic mass is 35.5. The molecule has 0 aliphatic heterocycles. The maximum Gasteiger partial charge on any atom is 0.180 e. The van der Waals surface area contributed by atoms with Gasteiger partial charge in [0.1, 0.15) is 11.0 Å². The summed E-state index contributed by atoms with van der Waals surface area (Å²) in [6.45, 7) is 0. The number of aromatic nitrogens is 4. The second-order valence-corrected chi connectivity index (χ2v) is 4.70. The molecule has 1 saturated carbocycles. The molecule has 0 bridgehead atoms. The van der Waals surface area contributed by atoms with Crippen molar-refractivity contribution in [2.75, 3.05) is 0 Å². The van der Waals surface area contributed by atoms with E-state index in [1.807, 2.05) is 4.40 Å². The average Bonchev–Trinajstić information content (AvgIpc) is 2.75. The lowest BCUT2D eigenvalue weighted by Gasteiger charge is -2.19. The summed E-state index contributed by atoms with van der Waals surface area (Å²) in [6, 6.07) is 0. The van der Waals surface area contributed by atoms with Gasteiger partial charge in [-0.05, 0) is 12.8 Å². The molecule has 1 aliphatic rings.